The standard InChI is InChI=1S/C22H25N3O3S/c1-2-28-22(27)18-14-19(16-8-4-3-5-9-16)29-21(18)24-20(26)17-10-6-12-25(15-17)13-7-11-23/h3-5,8-9,14,17H,2,6-7,10,12-13,15H2,1H3,(H,24,26). The Morgan fingerprint density at radius 2 is 2.14 bits per heavy atom. The summed E-state index contributed by atoms with van der Waals surface area (Å²) in [5.41, 5.74) is 1.38. The van der Waals surface area contributed by atoms with Gasteiger partial charge in [-0.15, -0.1) is 11.3 Å². The number of thiophene rings is 1. The van der Waals surface area contributed by atoms with Gasteiger partial charge in [0.1, 0.15) is 5.00 Å². The van der Waals surface area contributed by atoms with Gasteiger partial charge in [0, 0.05) is 24.4 Å². The number of nitriles is 1. The number of hydrogen-bond donors (Lipinski definition) is 1. The predicted molar refractivity (Wildman–Crippen MR) is 114 cm³/mol. The van der Waals surface area contributed by atoms with Crippen LogP contribution >= 0.6 is 11.3 Å². The lowest BCUT2D eigenvalue weighted by molar-refractivity contribution is -0.121. The molecule has 29 heavy (non-hydrogen) atoms. The minimum Gasteiger partial charge on any atom is -0.462 e. The van der Waals surface area contributed by atoms with Crippen molar-refractivity contribution in [2.24, 2.45) is 5.92 Å². The summed E-state index contributed by atoms with van der Waals surface area (Å²) in [4.78, 5) is 28.4. The first kappa shape index (κ1) is 21.0. The van der Waals surface area contributed by atoms with E-state index in [0.29, 0.717) is 30.1 Å². The zero-order valence-electron chi connectivity index (χ0n) is 16.5. The van der Waals surface area contributed by atoms with Crippen molar-refractivity contribution in [1.29, 1.82) is 5.26 Å². The monoisotopic (exact) mass is 411 g/mol. The molecule has 0 saturated carbocycles. The number of piperidine rings is 1. The van der Waals surface area contributed by atoms with Crippen LogP contribution in [0.2, 0.25) is 0 Å². The highest BCUT2D eigenvalue weighted by atomic mass is 32.1. The lowest BCUT2D eigenvalue weighted by Gasteiger charge is -2.31. The molecule has 0 spiro atoms. The van der Waals surface area contributed by atoms with Crippen molar-refractivity contribution < 1.29 is 14.3 Å². The van der Waals surface area contributed by atoms with E-state index in [4.69, 9.17) is 10.00 Å². The Labute approximate surface area is 175 Å². The topological polar surface area (TPSA) is 82.4 Å². The van der Waals surface area contributed by atoms with E-state index in [0.717, 1.165) is 29.8 Å². The predicted octanol–water partition coefficient (Wildman–Crippen LogP) is 4.16. The molecule has 0 bridgehead atoms. The third-order valence-electron chi connectivity index (χ3n) is 4.94. The molecule has 1 aromatic carbocycles. The molecule has 1 N–H and O–H groups in total. The molecule has 1 amide bonds. The number of benzene rings is 1. The number of likely N-dealkylation sites (tertiary alicyclic amines) is 1. The van der Waals surface area contributed by atoms with Gasteiger partial charge < -0.3 is 15.0 Å². The third kappa shape index (κ3) is 5.43. The van der Waals surface area contributed by atoms with Crippen molar-refractivity contribution in [2.75, 3.05) is 31.6 Å². The van der Waals surface area contributed by atoms with E-state index < -0.39 is 5.97 Å². The molecular weight excluding hydrogens is 386 g/mol. The van der Waals surface area contributed by atoms with Crippen LogP contribution in [-0.2, 0) is 9.53 Å². The first-order chi connectivity index (χ1) is 14.1. The molecule has 3 rings (SSSR count). The molecule has 1 unspecified atom stereocenters. The molecule has 7 heteroatoms. The largest absolute Gasteiger partial charge is 0.462 e. The summed E-state index contributed by atoms with van der Waals surface area (Å²) in [7, 11) is 0. The number of carbonyl (C=O) groups excluding carboxylic acids is 2. The Morgan fingerprint density at radius 1 is 1.34 bits per heavy atom. The van der Waals surface area contributed by atoms with E-state index >= 15 is 0 Å². The Kier molecular flexibility index (Phi) is 7.39. The Morgan fingerprint density at radius 3 is 2.86 bits per heavy atom. The summed E-state index contributed by atoms with van der Waals surface area (Å²) in [5.74, 6) is -0.668. The van der Waals surface area contributed by atoms with Gasteiger partial charge in [-0.25, -0.2) is 4.79 Å². The number of anilines is 1. The normalized spacial score (nSPS) is 16.8. The molecule has 1 aromatic heterocycles. The van der Waals surface area contributed by atoms with Crippen LogP contribution in [0.25, 0.3) is 10.4 Å². The van der Waals surface area contributed by atoms with Crippen molar-refractivity contribution >= 4 is 28.2 Å². The highest BCUT2D eigenvalue weighted by molar-refractivity contribution is 7.20. The summed E-state index contributed by atoms with van der Waals surface area (Å²) in [5, 5.41) is 12.3. The van der Waals surface area contributed by atoms with Crippen LogP contribution in [0.5, 0.6) is 0 Å². The van der Waals surface area contributed by atoms with Crippen LogP contribution < -0.4 is 5.32 Å². The second kappa shape index (κ2) is 10.2. The zero-order valence-corrected chi connectivity index (χ0v) is 17.3. The van der Waals surface area contributed by atoms with Gasteiger partial charge in [-0.3, -0.25) is 4.79 Å². The molecule has 1 aliphatic rings. The van der Waals surface area contributed by atoms with Gasteiger partial charge in [0.2, 0.25) is 5.91 Å². The second-order valence-corrected chi connectivity index (χ2v) is 8.03. The van der Waals surface area contributed by atoms with E-state index in [1.54, 1.807) is 13.0 Å². The number of rotatable bonds is 7. The quantitative estimate of drug-likeness (QED) is 0.692. The fraction of sp³-hybridized carbons (Fsp3) is 0.409. The summed E-state index contributed by atoms with van der Waals surface area (Å²) in [6.45, 7) is 4.28. The lowest BCUT2D eigenvalue weighted by atomic mass is 9.97. The number of nitrogens with one attached hydrogen (secondary N) is 1. The van der Waals surface area contributed by atoms with E-state index in [2.05, 4.69) is 16.3 Å². The Bertz CT molecular complexity index is 888. The maximum Gasteiger partial charge on any atom is 0.341 e. The molecule has 1 fully saturated rings. The average Bonchev–Trinajstić information content (AvgIpc) is 3.17. The highest BCUT2D eigenvalue weighted by Gasteiger charge is 2.27. The van der Waals surface area contributed by atoms with Crippen LogP contribution in [0, 0.1) is 17.2 Å². The maximum atomic E-state index is 12.9. The van der Waals surface area contributed by atoms with Gasteiger partial charge >= 0.3 is 5.97 Å². The first-order valence-corrected chi connectivity index (χ1v) is 10.7. The summed E-state index contributed by atoms with van der Waals surface area (Å²) in [6, 6.07) is 13.7. The number of amides is 1. The molecule has 1 atom stereocenters. The molecular formula is C22H25N3O3S. The van der Waals surface area contributed by atoms with E-state index in [1.165, 1.54) is 11.3 Å². The van der Waals surface area contributed by atoms with Crippen LogP contribution in [0.1, 0.15) is 36.5 Å². The first-order valence-electron chi connectivity index (χ1n) is 9.89. The maximum absolute atomic E-state index is 12.9. The number of esters is 1. The molecule has 2 aromatic rings. The average molecular weight is 412 g/mol. The minimum absolute atomic E-state index is 0.0846. The van der Waals surface area contributed by atoms with Crippen molar-refractivity contribution in [2.45, 2.75) is 26.2 Å². The number of ether oxygens (including phenoxy) is 1. The molecule has 2 heterocycles. The fourth-order valence-corrected chi connectivity index (χ4v) is 4.54. The van der Waals surface area contributed by atoms with E-state index in [9.17, 15) is 9.59 Å². The molecule has 0 radical (unpaired) electrons. The van der Waals surface area contributed by atoms with Gasteiger partial charge in [0.25, 0.3) is 0 Å². The number of carbonyl (C=O) groups is 2. The van der Waals surface area contributed by atoms with Gasteiger partial charge in [-0.2, -0.15) is 5.26 Å². The van der Waals surface area contributed by atoms with Crippen LogP contribution in [0.4, 0.5) is 5.00 Å². The van der Waals surface area contributed by atoms with Crippen molar-refractivity contribution in [3.05, 3.63) is 42.0 Å². The molecule has 6 nitrogen and oxygen atoms in total. The molecule has 1 saturated heterocycles. The fourth-order valence-electron chi connectivity index (χ4n) is 3.48. The smallest absolute Gasteiger partial charge is 0.341 e. The van der Waals surface area contributed by atoms with Gasteiger partial charge in [0.05, 0.1) is 24.2 Å². The van der Waals surface area contributed by atoms with Gasteiger partial charge in [0.15, 0.2) is 0 Å². The zero-order chi connectivity index (χ0) is 20.6. The minimum atomic E-state index is -0.430. The molecule has 0 aliphatic carbocycles. The highest BCUT2D eigenvalue weighted by Crippen LogP contribution is 2.36. The van der Waals surface area contributed by atoms with Crippen molar-refractivity contribution in [3.8, 4) is 16.5 Å². The van der Waals surface area contributed by atoms with Crippen LogP contribution in [-0.4, -0.2) is 43.0 Å². The Balaban J connectivity index is 1.78. The number of hydrogen-bond acceptors (Lipinski definition) is 6. The summed E-state index contributed by atoms with van der Waals surface area (Å²) >= 11 is 1.38. The lowest BCUT2D eigenvalue weighted by Crippen LogP contribution is -2.41. The Hall–Kier alpha value is -2.69. The molecule has 1 aliphatic heterocycles. The summed E-state index contributed by atoms with van der Waals surface area (Å²) in [6.07, 6.45) is 2.20. The van der Waals surface area contributed by atoms with E-state index in [-0.39, 0.29) is 18.4 Å². The van der Waals surface area contributed by atoms with Crippen molar-refractivity contribution in [3.63, 3.8) is 0 Å². The third-order valence-corrected chi connectivity index (χ3v) is 6.04. The number of nitrogens with zero attached hydrogens (tertiary/aromatic N) is 2. The second-order valence-electron chi connectivity index (χ2n) is 6.98. The SMILES string of the molecule is CCOC(=O)c1cc(-c2ccccc2)sc1NC(=O)C1CCCN(CCC#N)C1. The van der Waals surface area contributed by atoms with Gasteiger partial charge in [-0.1, -0.05) is 30.3 Å². The van der Waals surface area contributed by atoms with Crippen LogP contribution in [0.3, 0.4) is 0 Å². The van der Waals surface area contributed by atoms with Gasteiger partial charge in [-0.05, 0) is 37.9 Å². The van der Waals surface area contributed by atoms with E-state index in [1.807, 2.05) is 30.3 Å². The summed E-state index contributed by atoms with van der Waals surface area (Å²) < 4.78 is 5.18. The van der Waals surface area contributed by atoms with Crippen LogP contribution in [0.15, 0.2) is 36.4 Å². The molecule has 152 valence electrons. The van der Waals surface area contributed by atoms with Crippen molar-refractivity contribution in [1.82, 2.24) is 4.90 Å².